The first-order chi connectivity index (χ1) is 8.68. The van der Waals surface area contributed by atoms with Crippen LogP contribution in [0.1, 0.15) is 30.5 Å². The quantitative estimate of drug-likeness (QED) is 0.624. The highest BCUT2D eigenvalue weighted by molar-refractivity contribution is 6.37. The monoisotopic (exact) mass is 283 g/mol. The van der Waals surface area contributed by atoms with Gasteiger partial charge in [0.05, 0.1) is 10.0 Å². The predicted octanol–water partition coefficient (Wildman–Crippen LogP) is 4.95. The molecular formula is C14H12Cl2FN. The lowest BCUT2D eigenvalue weighted by atomic mass is 10.0. The molecule has 0 bridgehead atoms. The second kappa shape index (κ2) is 4.67. The summed E-state index contributed by atoms with van der Waals surface area (Å²) in [6, 6.07) is 3.29. The van der Waals surface area contributed by atoms with E-state index in [1.54, 1.807) is 6.07 Å². The van der Waals surface area contributed by atoms with Crippen LogP contribution in [-0.4, -0.2) is 4.98 Å². The minimum atomic E-state index is -0.469. The SMILES string of the molecule is Fc1c(Cl)ccc2c(Cl)c3c(nc12)CCCCC3. The van der Waals surface area contributed by atoms with E-state index in [-0.39, 0.29) is 5.02 Å². The molecule has 0 aliphatic heterocycles. The molecule has 1 aromatic carbocycles. The molecule has 0 atom stereocenters. The Hall–Kier alpha value is -0.860. The molecule has 1 aliphatic rings. The van der Waals surface area contributed by atoms with Crippen LogP contribution in [0.5, 0.6) is 0 Å². The minimum absolute atomic E-state index is 0.0969. The maximum atomic E-state index is 14.0. The average molecular weight is 284 g/mol. The first-order valence-electron chi connectivity index (χ1n) is 6.13. The molecule has 0 saturated carbocycles. The Morgan fingerprint density at radius 3 is 2.67 bits per heavy atom. The van der Waals surface area contributed by atoms with Crippen LogP contribution in [0.25, 0.3) is 10.9 Å². The average Bonchev–Trinajstić information content (AvgIpc) is 2.60. The fourth-order valence-electron chi connectivity index (χ4n) is 2.55. The molecule has 0 fully saturated rings. The number of hydrogen-bond donors (Lipinski definition) is 0. The summed E-state index contributed by atoms with van der Waals surface area (Å²) in [6.45, 7) is 0. The first-order valence-corrected chi connectivity index (χ1v) is 6.89. The van der Waals surface area contributed by atoms with Crippen molar-refractivity contribution in [1.29, 1.82) is 0 Å². The summed E-state index contributed by atoms with van der Waals surface area (Å²) in [6.07, 6.45) is 5.19. The molecule has 0 radical (unpaired) electrons. The van der Waals surface area contributed by atoms with Crippen molar-refractivity contribution in [3.63, 3.8) is 0 Å². The van der Waals surface area contributed by atoms with Crippen LogP contribution in [0.3, 0.4) is 0 Å². The van der Waals surface area contributed by atoms with Gasteiger partial charge in [0.1, 0.15) is 5.52 Å². The third-order valence-corrected chi connectivity index (χ3v) is 4.23. The summed E-state index contributed by atoms with van der Waals surface area (Å²) in [5, 5.41) is 1.41. The van der Waals surface area contributed by atoms with E-state index in [9.17, 15) is 4.39 Å². The number of aryl methyl sites for hydroxylation is 1. The van der Waals surface area contributed by atoms with Gasteiger partial charge in [-0.3, -0.25) is 0 Å². The number of fused-ring (bicyclic) bond motifs is 2. The number of benzene rings is 1. The normalized spacial score (nSPS) is 15.5. The van der Waals surface area contributed by atoms with Gasteiger partial charge in [-0.1, -0.05) is 29.6 Å². The molecule has 3 rings (SSSR count). The van der Waals surface area contributed by atoms with E-state index in [1.165, 1.54) is 12.5 Å². The van der Waals surface area contributed by atoms with E-state index in [2.05, 4.69) is 4.98 Å². The van der Waals surface area contributed by atoms with Gasteiger partial charge < -0.3 is 0 Å². The molecule has 1 aliphatic carbocycles. The van der Waals surface area contributed by atoms with Crippen LogP contribution < -0.4 is 0 Å². The van der Waals surface area contributed by atoms with Gasteiger partial charge in [0.25, 0.3) is 0 Å². The lowest BCUT2D eigenvalue weighted by Gasteiger charge is -2.11. The molecule has 4 heteroatoms. The van der Waals surface area contributed by atoms with E-state index in [1.807, 2.05) is 0 Å². The Morgan fingerprint density at radius 1 is 1.06 bits per heavy atom. The third-order valence-electron chi connectivity index (χ3n) is 3.51. The van der Waals surface area contributed by atoms with Gasteiger partial charge in [0.2, 0.25) is 0 Å². The second-order valence-corrected chi connectivity index (χ2v) is 5.45. The van der Waals surface area contributed by atoms with Gasteiger partial charge in [0, 0.05) is 11.1 Å². The Balaban J connectivity index is 2.34. The molecule has 0 saturated heterocycles. The van der Waals surface area contributed by atoms with Gasteiger partial charge in [-0.2, -0.15) is 0 Å². The maximum Gasteiger partial charge on any atom is 0.168 e. The second-order valence-electron chi connectivity index (χ2n) is 4.67. The molecular weight excluding hydrogens is 272 g/mol. The van der Waals surface area contributed by atoms with E-state index < -0.39 is 5.82 Å². The molecule has 1 nitrogen and oxygen atoms in total. The van der Waals surface area contributed by atoms with Crippen molar-refractivity contribution in [2.24, 2.45) is 0 Å². The predicted molar refractivity (Wildman–Crippen MR) is 73.0 cm³/mol. The fourth-order valence-corrected chi connectivity index (χ4v) is 3.06. The van der Waals surface area contributed by atoms with Gasteiger partial charge in [-0.05, 0) is 43.4 Å². The zero-order valence-corrected chi connectivity index (χ0v) is 11.3. The molecule has 18 heavy (non-hydrogen) atoms. The minimum Gasteiger partial charge on any atom is -0.249 e. The zero-order valence-electron chi connectivity index (χ0n) is 9.77. The number of halogens is 3. The number of pyridine rings is 1. The Labute approximate surface area is 115 Å². The van der Waals surface area contributed by atoms with E-state index >= 15 is 0 Å². The Bertz CT molecular complexity index is 625. The lowest BCUT2D eigenvalue weighted by molar-refractivity contribution is 0.636. The molecule has 94 valence electrons. The maximum absolute atomic E-state index is 14.0. The van der Waals surface area contributed by atoms with Crippen LogP contribution in [0, 0.1) is 5.82 Å². The molecule has 0 N–H and O–H groups in total. The first kappa shape index (κ1) is 12.2. The lowest BCUT2D eigenvalue weighted by Crippen LogP contribution is -1.99. The summed E-state index contributed by atoms with van der Waals surface area (Å²) in [7, 11) is 0. The highest BCUT2D eigenvalue weighted by Crippen LogP contribution is 2.34. The number of nitrogens with zero attached hydrogens (tertiary/aromatic N) is 1. The van der Waals surface area contributed by atoms with Gasteiger partial charge >= 0.3 is 0 Å². The van der Waals surface area contributed by atoms with Crippen molar-refractivity contribution in [2.45, 2.75) is 32.1 Å². The van der Waals surface area contributed by atoms with Gasteiger partial charge in [-0.25, -0.2) is 9.37 Å². The molecule has 0 spiro atoms. The summed E-state index contributed by atoms with van der Waals surface area (Å²) < 4.78 is 14.0. The number of aromatic nitrogens is 1. The summed E-state index contributed by atoms with van der Waals surface area (Å²) in [4.78, 5) is 4.45. The van der Waals surface area contributed by atoms with E-state index in [0.717, 1.165) is 36.9 Å². The molecule has 1 heterocycles. The molecule has 1 aromatic heterocycles. The van der Waals surface area contributed by atoms with Crippen molar-refractivity contribution in [3.05, 3.63) is 39.3 Å². The molecule has 0 unspecified atom stereocenters. The van der Waals surface area contributed by atoms with Crippen LogP contribution in [0.15, 0.2) is 12.1 Å². The van der Waals surface area contributed by atoms with Gasteiger partial charge in [-0.15, -0.1) is 0 Å². The van der Waals surface area contributed by atoms with E-state index in [4.69, 9.17) is 23.2 Å². The van der Waals surface area contributed by atoms with Crippen molar-refractivity contribution in [3.8, 4) is 0 Å². The van der Waals surface area contributed by atoms with Crippen LogP contribution in [0.4, 0.5) is 4.39 Å². The van der Waals surface area contributed by atoms with Crippen LogP contribution >= 0.6 is 23.2 Å². The topological polar surface area (TPSA) is 12.9 Å². The van der Waals surface area contributed by atoms with Crippen molar-refractivity contribution < 1.29 is 4.39 Å². The van der Waals surface area contributed by atoms with Crippen LogP contribution in [0.2, 0.25) is 10.0 Å². The Kier molecular flexibility index (Phi) is 3.16. The zero-order chi connectivity index (χ0) is 12.7. The van der Waals surface area contributed by atoms with Crippen molar-refractivity contribution in [1.82, 2.24) is 4.98 Å². The smallest absolute Gasteiger partial charge is 0.168 e. The highest BCUT2D eigenvalue weighted by atomic mass is 35.5. The Morgan fingerprint density at radius 2 is 1.83 bits per heavy atom. The fraction of sp³-hybridized carbons (Fsp3) is 0.357. The molecule has 2 aromatic rings. The van der Waals surface area contributed by atoms with E-state index in [0.29, 0.717) is 15.9 Å². The summed E-state index contributed by atoms with van der Waals surface area (Å²) in [5.41, 5.74) is 2.32. The van der Waals surface area contributed by atoms with Crippen molar-refractivity contribution >= 4 is 34.1 Å². The summed E-state index contributed by atoms with van der Waals surface area (Å²) in [5.74, 6) is -0.469. The third kappa shape index (κ3) is 1.88. The standard InChI is InChI=1S/C14H12Cl2FN/c15-10-7-6-9-12(16)8-4-2-1-3-5-11(8)18-14(9)13(10)17/h6-7H,1-5H2. The summed E-state index contributed by atoms with van der Waals surface area (Å²) >= 11 is 12.2. The largest absolute Gasteiger partial charge is 0.249 e. The molecule has 0 amide bonds. The van der Waals surface area contributed by atoms with Gasteiger partial charge in [0.15, 0.2) is 5.82 Å². The highest BCUT2D eigenvalue weighted by Gasteiger charge is 2.18. The number of rotatable bonds is 0. The number of hydrogen-bond acceptors (Lipinski definition) is 1. The van der Waals surface area contributed by atoms with Crippen LogP contribution in [-0.2, 0) is 12.8 Å². The van der Waals surface area contributed by atoms with Crippen molar-refractivity contribution in [2.75, 3.05) is 0 Å².